The number of urea groups is 1. The highest BCUT2D eigenvalue weighted by atomic mass is 32.1. The Morgan fingerprint density at radius 1 is 1.33 bits per heavy atom. The highest BCUT2D eigenvalue weighted by molar-refractivity contribution is 7.09. The maximum Gasteiger partial charge on any atom is 0.410 e. The van der Waals surface area contributed by atoms with E-state index in [0.717, 1.165) is 29.1 Å². The maximum absolute atomic E-state index is 12.6. The molecule has 142 valence electrons. The van der Waals surface area contributed by atoms with Gasteiger partial charge in [-0.15, -0.1) is 11.3 Å². The van der Waals surface area contributed by atoms with Gasteiger partial charge in [0.15, 0.2) is 0 Å². The first-order valence-corrected chi connectivity index (χ1v) is 9.89. The topological polar surface area (TPSA) is 74.8 Å². The number of hydrogen-bond donors (Lipinski definition) is 1. The van der Waals surface area contributed by atoms with Crippen LogP contribution in [0.3, 0.4) is 0 Å². The molecule has 27 heavy (non-hydrogen) atoms. The Bertz CT molecular complexity index is 840. The number of likely N-dealkylation sites (N-methyl/N-ethyl adjacent to an activating group) is 1. The molecule has 1 atom stereocenters. The Balaban J connectivity index is 1.34. The molecule has 0 aliphatic carbocycles. The third kappa shape index (κ3) is 3.75. The van der Waals surface area contributed by atoms with Gasteiger partial charge < -0.3 is 19.9 Å². The van der Waals surface area contributed by atoms with Gasteiger partial charge in [0.25, 0.3) is 0 Å². The number of amides is 3. The van der Waals surface area contributed by atoms with Crippen LogP contribution < -0.4 is 5.32 Å². The maximum atomic E-state index is 12.6. The first-order valence-electron chi connectivity index (χ1n) is 9.01. The standard InChI is InChI=1S/C19H22N4O3S/c1-22-12-19(26-18(22)25)8-5-9-23(13-19)17(24)20-10-16-21-15(11-27-16)14-6-3-2-4-7-14/h2-4,6-7,11H,5,8-10,12-13H2,1H3,(H,20,24)/t19-/m0/s1. The Morgan fingerprint density at radius 3 is 2.89 bits per heavy atom. The van der Waals surface area contributed by atoms with Crippen molar-refractivity contribution in [1.82, 2.24) is 20.1 Å². The van der Waals surface area contributed by atoms with Crippen LogP contribution in [0.15, 0.2) is 35.7 Å². The summed E-state index contributed by atoms with van der Waals surface area (Å²) >= 11 is 1.53. The van der Waals surface area contributed by atoms with E-state index in [1.54, 1.807) is 16.8 Å². The molecule has 0 radical (unpaired) electrons. The van der Waals surface area contributed by atoms with Gasteiger partial charge >= 0.3 is 12.1 Å². The monoisotopic (exact) mass is 386 g/mol. The summed E-state index contributed by atoms with van der Waals surface area (Å²) < 4.78 is 5.55. The predicted molar refractivity (Wildman–Crippen MR) is 102 cm³/mol. The lowest BCUT2D eigenvalue weighted by Crippen LogP contribution is -2.54. The quantitative estimate of drug-likeness (QED) is 0.880. The lowest BCUT2D eigenvalue weighted by molar-refractivity contribution is 0.00318. The van der Waals surface area contributed by atoms with Crippen molar-refractivity contribution >= 4 is 23.5 Å². The molecule has 2 aromatic rings. The molecule has 1 aromatic heterocycles. The van der Waals surface area contributed by atoms with Crippen molar-refractivity contribution in [2.75, 3.05) is 26.7 Å². The van der Waals surface area contributed by atoms with E-state index >= 15 is 0 Å². The largest absolute Gasteiger partial charge is 0.439 e. The van der Waals surface area contributed by atoms with Crippen molar-refractivity contribution in [3.8, 4) is 11.3 Å². The number of nitrogens with one attached hydrogen (secondary N) is 1. The van der Waals surface area contributed by atoms with Gasteiger partial charge in [0.1, 0.15) is 10.6 Å². The second kappa shape index (κ2) is 7.19. The van der Waals surface area contributed by atoms with Crippen LogP contribution in [-0.2, 0) is 11.3 Å². The second-order valence-corrected chi connectivity index (χ2v) is 8.03. The summed E-state index contributed by atoms with van der Waals surface area (Å²) in [6.07, 6.45) is 1.30. The molecule has 4 rings (SSSR count). The lowest BCUT2D eigenvalue weighted by atomic mass is 9.93. The number of carbonyl (C=O) groups excluding carboxylic acids is 2. The number of likely N-dealkylation sites (tertiary alicyclic amines) is 1. The van der Waals surface area contributed by atoms with Crippen LogP contribution in [0.4, 0.5) is 9.59 Å². The number of aromatic nitrogens is 1. The Kier molecular flexibility index (Phi) is 4.73. The van der Waals surface area contributed by atoms with Crippen LogP contribution in [0.25, 0.3) is 11.3 Å². The van der Waals surface area contributed by atoms with Crippen molar-refractivity contribution in [2.24, 2.45) is 0 Å². The summed E-state index contributed by atoms with van der Waals surface area (Å²) in [5, 5.41) is 5.81. The smallest absolute Gasteiger partial charge is 0.410 e. The minimum absolute atomic E-state index is 0.142. The lowest BCUT2D eigenvalue weighted by Gasteiger charge is -2.38. The van der Waals surface area contributed by atoms with Crippen molar-refractivity contribution < 1.29 is 14.3 Å². The fourth-order valence-corrected chi connectivity index (χ4v) is 4.42. The molecule has 3 amide bonds. The summed E-state index contributed by atoms with van der Waals surface area (Å²) in [7, 11) is 1.73. The predicted octanol–water partition coefficient (Wildman–Crippen LogP) is 2.94. The minimum Gasteiger partial charge on any atom is -0.439 e. The van der Waals surface area contributed by atoms with Crippen LogP contribution in [0.1, 0.15) is 17.8 Å². The number of piperidine rings is 1. The molecule has 1 N–H and O–H groups in total. The third-order valence-electron chi connectivity index (χ3n) is 4.98. The zero-order valence-corrected chi connectivity index (χ0v) is 16.0. The molecule has 1 aromatic carbocycles. The second-order valence-electron chi connectivity index (χ2n) is 7.08. The number of benzene rings is 1. The van der Waals surface area contributed by atoms with E-state index in [9.17, 15) is 9.59 Å². The first kappa shape index (κ1) is 17.8. The molecule has 7 nitrogen and oxygen atoms in total. The molecule has 0 saturated carbocycles. The van der Waals surface area contributed by atoms with Crippen molar-refractivity contribution in [3.63, 3.8) is 0 Å². The highest BCUT2D eigenvalue weighted by Crippen LogP contribution is 2.31. The molecule has 0 unspecified atom stereocenters. The van der Waals surface area contributed by atoms with Gasteiger partial charge in [-0.2, -0.15) is 0 Å². The van der Waals surface area contributed by atoms with E-state index in [0.29, 0.717) is 26.2 Å². The Morgan fingerprint density at radius 2 is 2.15 bits per heavy atom. The minimum atomic E-state index is -0.566. The molecular weight excluding hydrogens is 364 g/mol. The molecule has 2 fully saturated rings. The van der Waals surface area contributed by atoms with Gasteiger partial charge in [-0.1, -0.05) is 30.3 Å². The van der Waals surface area contributed by atoms with Gasteiger partial charge in [-0.3, -0.25) is 0 Å². The van der Waals surface area contributed by atoms with Gasteiger partial charge in [0, 0.05) is 24.5 Å². The SMILES string of the molecule is CN1C[C@]2(CCCN(C(=O)NCc3nc(-c4ccccc4)cs3)C2)OC1=O. The summed E-state index contributed by atoms with van der Waals surface area (Å²) in [4.78, 5) is 32.2. The van der Waals surface area contributed by atoms with Crippen LogP contribution in [0.2, 0.25) is 0 Å². The van der Waals surface area contributed by atoms with Gasteiger partial charge in [-0.05, 0) is 12.8 Å². The molecule has 2 aliphatic rings. The number of hydrogen-bond acceptors (Lipinski definition) is 5. The van der Waals surface area contributed by atoms with E-state index in [1.165, 1.54) is 11.3 Å². The molecule has 2 aliphatic heterocycles. The fourth-order valence-electron chi connectivity index (χ4n) is 3.67. The van der Waals surface area contributed by atoms with Gasteiger partial charge in [-0.25, -0.2) is 14.6 Å². The Hall–Kier alpha value is -2.61. The third-order valence-corrected chi connectivity index (χ3v) is 5.83. The number of carbonyl (C=O) groups is 2. The molecule has 0 bridgehead atoms. The average molecular weight is 386 g/mol. The van der Waals surface area contributed by atoms with E-state index < -0.39 is 5.60 Å². The van der Waals surface area contributed by atoms with E-state index in [-0.39, 0.29) is 12.1 Å². The summed E-state index contributed by atoms with van der Waals surface area (Å²) in [5.41, 5.74) is 1.42. The number of ether oxygens (including phenoxy) is 1. The summed E-state index contributed by atoms with van der Waals surface area (Å²) in [6, 6.07) is 9.83. The van der Waals surface area contributed by atoms with E-state index in [1.807, 2.05) is 35.7 Å². The number of thiazole rings is 1. The molecule has 8 heteroatoms. The van der Waals surface area contributed by atoms with Crippen LogP contribution in [-0.4, -0.2) is 59.2 Å². The highest BCUT2D eigenvalue weighted by Gasteiger charge is 2.47. The Labute approximate surface area is 161 Å². The van der Waals surface area contributed by atoms with Crippen molar-refractivity contribution in [1.29, 1.82) is 0 Å². The van der Waals surface area contributed by atoms with Crippen LogP contribution in [0, 0.1) is 0 Å². The van der Waals surface area contributed by atoms with Gasteiger partial charge in [0.05, 0.1) is 25.3 Å². The van der Waals surface area contributed by atoms with Crippen molar-refractivity contribution in [2.45, 2.75) is 25.0 Å². The first-order chi connectivity index (χ1) is 13.0. The van der Waals surface area contributed by atoms with Crippen LogP contribution in [0.5, 0.6) is 0 Å². The number of rotatable bonds is 3. The molecule has 3 heterocycles. The molecule has 1 spiro atoms. The van der Waals surface area contributed by atoms with E-state index in [2.05, 4.69) is 10.3 Å². The van der Waals surface area contributed by atoms with Gasteiger partial charge in [0.2, 0.25) is 0 Å². The average Bonchev–Trinajstić information content (AvgIpc) is 3.25. The van der Waals surface area contributed by atoms with Crippen LogP contribution >= 0.6 is 11.3 Å². The summed E-state index contributed by atoms with van der Waals surface area (Å²) in [6.45, 7) is 2.02. The van der Waals surface area contributed by atoms with E-state index in [4.69, 9.17) is 4.74 Å². The normalized spacial score (nSPS) is 22.2. The molecular formula is C19H22N4O3S. The summed E-state index contributed by atoms with van der Waals surface area (Å²) in [5.74, 6) is 0. The molecule has 2 saturated heterocycles. The fraction of sp³-hybridized carbons (Fsp3) is 0.421. The zero-order valence-electron chi connectivity index (χ0n) is 15.2. The zero-order chi connectivity index (χ0) is 18.9. The number of nitrogens with zero attached hydrogens (tertiary/aromatic N) is 3. The van der Waals surface area contributed by atoms with Crippen molar-refractivity contribution in [3.05, 3.63) is 40.7 Å².